The van der Waals surface area contributed by atoms with Crippen LogP contribution >= 0.6 is 0 Å². The van der Waals surface area contributed by atoms with E-state index in [0.717, 1.165) is 66.7 Å². The molecular weight excluding hydrogens is 290 g/mol. The number of hydrogen-bond acceptors (Lipinski definition) is 5. The lowest BCUT2D eigenvalue weighted by atomic mass is 10.2. The highest BCUT2D eigenvalue weighted by atomic mass is 16.6. The number of hydroxylamine groups is 1. The van der Waals surface area contributed by atoms with Crippen molar-refractivity contribution in [3.8, 4) is 0 Å². The molecule has 6 nitrogen and oxygen atoms in total. The second-order valence-electron chi connectivity index (χ2n) is 5.60. The molecule has 3 aromatic rings. The molecule has 6 heteroatoms. The van der Waals surface area contributed by atoms with Crippen LogP contribution in [-0.2, 0) is 17.8 Å². The first-order valence-electron chi connectivity index (χ1n) is 8.19. The summed E-state index contributed by atoms with van der Waals surface area (Å²) in [5, 5.41) is 0. The van der Waals surface area contributed by atoms with E-state index in [1.165, 1.54) is 0 Å². The number of hydrogen-bond donors (Lipinski definition) is 1. The Hall–Kier alpha value is -2.05. The minimum atomic E-state index is 0.854. The summed E-state index contributed by atoms with van der Waals surface area (Å²) >= 11 is 0. The van der Waals surface area contributed by atoms with Crippen molar-refractivity contribution in [2.45, 2.75) is 39.2 Å². The molecule has 0 radical (unpaired) electrons. The van der Waals surface area contributed by atoms with Gasteiger partial charge in [-0.25, -0.2) is 10.5 Å². The van der Waals surface area contributed by atoms with E-state index >= 15 is 0 Å². The van der Waals surface area contributed by atoms with Crippen LogP contribution in [0, 0.1) is 0 Å². The number of unbranched alkanes of at least 4 members (excludes halogenated alkanes) is 1. The molecule has 0 bridgehead atoms. The van der Waals surface area contributed by atoms with E-state index in [-0.39, 0.29) is 0 Å². The summed E-state index contributed by atoms with van der Waals surface area (Å²) < 4.78 is 2.32. The zero-order valence-corrected chi connectivity index (χ0v) is 13.7. The average molecular weight is 313 g/mol. The standard InChI is InChI=1S/C17H23N5O/c1-3-7-15-21-14-12-19-13-8-6-9-18-16(13)17(14)22(15)11-5-4-10-20-23-2/h6,8-9,12,20H,3-5,7,10-11H2,1-2H3. The van der Waals surface area contributed by atoms with E-state index in [0.29, 0.717) is 0 Å². The first kappa shape index (κ1) is 15.8. The number of nitrogens with zero attached hydrogens (tertiary/aromatic N) is 4. The predicted molar refractivity (Wildman–Crippen MR) is 91.1 cm³/mol. The molecule has 3 rings (SSSR count). The Morgan fingerprint density at radius 2 is 2.13 bits per heavy atom. The lowest BCUT2D eigenvalue weighted by molar-refractivity contribution is 0.0903. The number of aromatic nitrogens is 4. The van der Waals surface area contributed by atoms with Gasteiger partial charge in [-0.2, -0.15) is 0 Å². The second-order valence-corrected chi connectivity index (χ2v) is 5.60. The zero-order valence-electron chi connectivity index (χ0n) is 13.7. The molecule has 0 aliphatic carbocycles. The minimum Gasteiger partial charge on any atom is -0.326 e. The van der Waals surface area contributed by atoms with Gasteiger partial charge in [0, 0.05) is 25.7 Å². The third-order valence-corrected chi connectivity index (χ3v) is 3.94. The predicted octanol–water partition coefficient (Wildman–Crippen LogP) is 2.86. The third-order valence-electron chi connectivity index (χ3n) is 3.94. The molecule has 23 heavy (non-hydrogen) atoms. The van der Waals surface area contributed by atoms with Crippen LogP contribution in [0.1, 0.15) is 32.0 Å². The summed E-state index contributed by atoms with van der Waals surface area (Å²) in [6.07, 6.45) is 7.85. The van der Waals surface area contributed by atoms with Crippen molar-refractivity contribution in [2.24, 2.45) is 0 Å². The van der Waals surface area contributed by atoms with Crippen molar-refractivity contribution in [1.82, 2.24) is 25.0 Å². The van der Waals surface area contributed by atoms with Gasteiger partial charge in [-0.1, -0.05) is 6.92 Å². The van der Waals surface area contributed by atoms with Crippen LogP contribution in [0.25, 0.3) is 22.1 Å². The van der Waals surface area contributed by atoms with Crippen molar-refractivity contribution >= 4 is 22.1 Å². The first-order valence-corrected chi connectivity index (χ1v) is 8.19. The van der Waals surface area contributed by atoms with E-state index in [2.05, 4.69) is 26.9 Å². The van der Waals surface area contributed by atoms with E-state index < -0.39 is 0 Å². The lowest BCUT2D eigenvalue weighted by Crippen LogP contribution is -2.14. The third kappa shape index (κ3) is 3.33. The van der Waals surface area contributed by atoms with Gasteiger partial charge in [0.15, 0.2) is 0 Å². The van der Waals surface area contributed by atoms with Gasteiger partial charge in [0.1, 0.15) is 16.9 Å². The Kier molecular flexibility index (Phi) is 5.15. The number of nitrogens with one attached hydrogen (secondary N) is 1. The summed E-state index contributed by atoms with van der Waals surface area (Å²) in [4.78, 5) is 18.7. The molecule has 3 heterocycles. The van der Waals surface area contributed by atoms with Gasteiger partial charge in [0.2, 0.25) is 0 Å². The van der Waals surface area contributed by atoms with Crippen LogP contribution in [0.15, 0.2) is 24.5 Å². The van der Waals surface area contributed by atoms with Crippen LogP contribution in [0.2, 0.25) is 0 Å². The molecule has 0 fully saturated rings. The molecule has 0 aliphatic heterocycles. The van der Waals surface area contributed by atoms with Crippen molar-refractivity contribution in [3.05, 3.63) is 30.4 Å². The molecule has 1 N–H and O–H groups in total. The molecule has 0 atom stereocenters. The molecule has 0 amide bonds. The van der Waals surface area contributed by atoms with Gasteiger partial charge >= 0.3 is 0 Å². The van der Waals surface area contributed by atoms with Crippen LogP contribution < -0.4 is 5.48 Å². The molecular formula is C17H23N5O. The maximum atomic E-state index is 4.88. The maximum Gasteiger partial charge on any atom is 0.115 e. The van der Waals surface area contributed by atoms with Gasteiger partial charge in [0.05, 0.1) is 24.3 Å². The summed E-state index contributed by atoms with van der Waals surface area (Å²) in [5.74, 6) is 1.13. The number of aryl methyl sites for hydroxylation is 2. The van der Waals surface area contributed by atoms with Gasteiger partial charge in [0.25, 0.3) is 0 Å². The highest BCUT2D eigenvalue weighted by Gasteiger charge is 2.14. The fourth-order valence-corrected chi connectivity index (χ4v) is 2.90. The zero-order chi connectivity index (χ0) is 16.1. The minimum absolute atomic E-state index is 0.854. The van der Waals surface area contributed by atoms with Crippen LogP contribution in [0.3, 0.4) is 0 Å². The van der Waals surface area contributed by atoms with Crippen LogP contribution in [0.5, 0.6) is 0 Å². The van der Waals surface area contributed by atoms with Gasteiger partial charge in [-0.15, -0.1) is 0 Å². The second kappa shape index (κ2) is 7.48. The SMILES string of the molecule is CCCc1nc2cnc3cccnc3c2n1CCCCNOC. The molecule has 0 spiro atoms. The normalized spacial score (nSPS) is 11.6. The maximum absolute atomic E-state index is 4.88. The number of fused-ring (bicyclic) bond motifs is 3. The molecule has 0 saturated carbocycles. The lowest BCUT2D eigenvalue weighted by Gasteiger charge is -2.10. The summed E-state index contributed by atoms with van der Waals surface area (Å²) in [7, 11) is 1.65. The number of imidazole rings is 1. The molecule has 3 aromatic heterocycles. The quantitative estimate of drug-likeness (QED) is 0.512. The Labute approximate surface area is 135 Å². The van der Waals surface area contributed by atoms with E-state index in [4.69, 9.17) is 9.82 Å². The fourth-order valence-electron chi connectivity index (χ4n) is 2.90. The average Bonchev–Trinajstić information content (AvgIpc) is 2.93. The Bertz CT molecular complexity index is 783. The number of pyridine rings is 2. The Morgan fingerprint density at radius 1 is 1.22 bits per heavy atom. The Balaban J connectivity index is 1.97. The van der Waals surface area contributed by atoms with Crippen LogP contribution in [-0.4, -0.2) is 33.2 Å². The topological polar surface area (TPSA) is 64.9 Å². The molecule has 0 unspecified atom stereocenters. The smallest absolute Gasteiger partial charge is 0.115 e. The van der Waals surface area contributed by atoms with Crippen molar-refractivity contribution < 1.29 is 4.84 Å². The number of rotatable bonds is 8. The van der Waals surface area contributed by atoms with Crippen LogP contribution in [0.4, 0.5) is 0 Å². The highest BCUT2D eigenvalue weighted by Crippen LogP contribution is 2.24. The monoisotopic (exact) mass is 313 g/mol. The van der Waals surface area contributed by atoms with Crippen molar-refractivity contribution in [3.63, 3.8) is 0 Å². The van der Waals surface area contributed by atoms with Gasteiger partial charge < -0.3 is 9.40 Å². The first-order chi connectivity index (χ1) is 11.3. The summed E-state index contributed by atoms with van der Waals surface area (Å²) in [6.45, 7) is 3.97. The van der Waals surface area contributed by atoms with Crippen molar-refractivity contribution in [1.29, 1.82) is 0 Å². The molecule has 0 aromatic carbocycles. The highest BCUT2D eigenvalue weighted by molar-refractivity contribution is 5.99. The van der Waals surface area contributed by atoms with Gasteiger partial charge in [-0.3, -0.25) is 9.97 Å². The van der Waals surface area contributed by atoms with E-state index in [9.17, 15) is 0 Å². The largest absolute Gasteiger partial charge is 0.326 e. The van der Waals surface area contributed by atoms with E-state index in [1.54, 1.807) is 7.11 Å². The van der Waals surface area contributed by atoms with Gasteiger partial charge in [-0.05, 0) is 31.4 Å². The summed E-state index contributed by atoms with van der Waals surface area (Å²) in [6, 6.07) is 3.92. The summed E-state index contributed by atoms with van der Waals surface area (Å²) in [5.41, 5.74) is 6.80. The fraction of sp³-hybridized carbons (Fsp3) is 0.471. The molecule has 122 valence electrons. The van der Waals surface area contributed by atoms with Crippen molar-refractivity contribution in [2.75, 3.05) is 13.7 Å². The Morgan fingerprint density at radius 3 is 2.96 bits per heavy atom. The molecule has 0 aliphatic rings. The molecule has 0 saturated heterocycles. The van der Waals surface area contributed by atoms with E-state index in [1.807, 2.05) is 24.5 Å².